The molecule has 27 heavy (non-hydrogen) atoms. The van der Waals surface area contributed by atoms with Crippen LogP contribution in [0, 0.1) is 0 Å². The summed E-state index contributed by atoms with van der Waals surface area (Å²) in [6, 6.07) is 26.8. The summed E-state index contributed by atoms with van der Waals surface area (Å²) < 4.78 is 1.16. The van der Waals surface area contributed by atoms with Gasteiger partial charge in [-0.15, -0.1) is 0 Å². The largest absolute Gasteiger partial charge is 0.0622 e. The van der Waals surface area contributed by atoms with E-state index in [1.54, 1.807) is 0 Å². The van der Waals surface area contributed by atoms with E-state index in [4.69, 9.17) is 0 Å². The summed E-state index contributed by atoms with van der Waals surface area (Å²) in [4.78, 5) is 0. The topological polar surface area (TPSA) is 0 Å². The van der Waals surface area contributed by atoms with Gasteiger partial charge >= 0.3 is 0 Å². The number of benzene rings is 5. The summed E-state index contributed by atoms with van der Waals surface area (Å²) in [5.41, 5.74) is 4.06. The molecule has 5 rings (SSSR count). The molecule has 0 saturated heterocycles. The second-order valence-electron chi connectivity index (χ2n) is 8.42. The van der Waals surface area contributed by atoms with Crippen molar-refractivity contribution in [3.05, 3.63) is 82.8 Å². The first-order chi connectivity index (χ1) is 12.9. The van der Waals surface area contributed by atoms with Crippen molar-refractivity contribution < 1.29 is 0 Å². The van der Waals surface area contributed by atoms with Gasteiger partial charge in [0.1, 0.15) is 0 Å². The molecule has 0 spiro atoms. The third-order valence-electron chi connectivity index (χ3n) is 5.62. The first-order valence-corrected chi connectivity index (χ1v) is 10.2. The number of halogens is 1. The summed E-state index contributed by atoms with van der Waals surface area (Å²) in [6.45, 7) is 6.85. The quantitative estimate of drug-likeness (QED) is 0.242. The van der Waals surface area contributed by atoms with Gasteiger partial charge in [-0.3, -0.25) is 0 Å². The maximum Gasteiger partial charge on any atom is 0.0260 e. The zero-order valence-electron chi connectivity index (χ0n) is 15.8. The molecule has 0 fully saturated rings. The molecule has 0 heterocycles. The van der Waals surface area contributed by atoms with Crippen LogP contribution in [0.3, 0.4) is 0 Å². The van der Waals surface area contributed by atoms with Gasteiger partial charge in [0, 0.05) is 4.47 Å². The highest BCUT2D eigenvalue weighted by molar-refractivity contribution is 9.10. The van der Waals surface area contributed by atoms with E-state index in [1.165, 1.54) is 49.0 Å². The van der Waals surface area contributed by atoms with Crippen LogP contribution in [-0.4, -0.2) is 0 Å². The van der Waals surface area contributed by atoms with E-state index in [1.807, 2.05) is 0 Å². The van der Waals surface area contributed by atoms with E-state index in [0.717, 1.165) is 4.47 Å². The Hall–Kier alpha value is -2.38. The highest BCUT2D eigenvalue weighted by Gasteiger charge is 2.18. The van der Waals surface area contributed by atoms with Crippen LogP contribution < -0.4 is 0 Å². The monoisotopic (exact) mass is 412 g/mol. The minimum absolute atomic E-state index is 0.139. The van der Waals surface area contributed by atoms with Crippen molar-refractivity contribution >= 4 is 48.2 Å². The molecule has 0 saturated carbocycles. The third kappa shape index (κ3) is 2.56. The third-order valence-corrected chi connectivity index (χ3v) is 6.27. The van der Waals surface area contributed by atoms with Gasteiger partial charge in [0.25, 0.3) is 0 Å². The molecule has 1 heteroatoms. The van der Waals surface area contributed by atoms with Crippen LogP contribution in [0.15, 0.2) is 77.3 Å². The summed E-state index contributed by atoms with van der Waals surface area (Å²) in [5.74, 6) is 0. The predicted octanol–water partition coefficient (Wildman–Crippen LogP) is 8.31. The lowest BCUT2D eigenvalue weighted by atomic mass is 9.83. The Morgan fingerprint density at radius 1 is 0.667 bits per heavy atom. The van der Waals surface area contributed by atoms with Gasteiger partial charge in [-0.1, -0.05) is 103 Å². The molecule has 0 aliphatic carbocycles. The Morgan fingerprint density at radius 3 is 1.93 bits per heavy atom. The SMILES string of the molecule is CC(C)(C)c1cc2ccc3c(Br)cc(-c4ccccc4)c4ccc(c1)c2c34. The Kier molecular flexibility index (Phi) is 3.61. The molecule has 0 unspecified atom stereocenters. The molecule has 0 radical (unpaired) electrons. The van der Waals surface area contributed by atoms with Crippen LogP contribution in [0.4, 0.5) is 0 Å². The van der Waals surface area contributed by atoms with Crippen LogP contribution in [0.1, 0.15) is 26.3 Å². The minimum atomic E-state index is 0.139. The maximum absolute atomic E-state index is 3.84. The molecule has 132 valence electrons. The fourth-order valence-corrected chi connectivity index (χ4v) is 4.72. The zero-order chi connectivity index (χ0) is 18.8. The maximum atomic E-state index is 3.84. The van der Waals surface area contributed by atoms with Gasteiger partial charge in [0.15, 0.2) is 0 Å². The fourth-order valence-electron chi connectivity index (χ4n) is 4.16. The lowest BCUT2D eigenvalue weighted by Crippen LogP contribution is -2.10. The van der Waals surface area contributed by atoms with Gasteiger partial charge in [-0.25, -0.2) is 0 Å². The lowest BCUT2D eigenvalue weighted by molar-refractivity contribution is 0.591. The van der Waals surface area contributed by atoms with Crippen LogP contribution >= 0.6 is 15.9 Å². The molecule has 0 amide bonds. The summed E-state index contributed by atoms with van der Waals surface area (Å²) in [6.07, 6.45) is 0. The Labute approximate surface area is 168 Å². The van der Waals surface area contributed by atoms with Gasteiger partial charge in [-0.05, 0) is 60.5 Å². The molecular formula is C26H21Br. The smallest absolute Gasteiger partial charge is 0.0260 e. The molecule has 0 N–H and O–H groups in total. The molecule has 0 aliphatic heterocycles. The summed E-state index contributed by atoms with van der Waals surface area (Å²) in [7, 11) is 0. The van der Waals surface area contributed by atoms with Crippen molar-refractivity contribution in [3.63, 3.8) is 0 Å². The predicted molar refractivity (Wildman–Crippen MR) is 122 cm³/mol. The first kappa shape index (κ1) is 16.8. The average molecular weight is 413 g/mol. The van der Waals surface area contributed by atoms with E-state index in [9.17, 15) is 0 Å². The Morgan fingerprint density at radius 2 is 1.30 bits per heavy atom. The van der Waals surface area contributed by atoms with E-state index < -0.39 is 0 Å². The number of rotatable bonds is 1. The van der Waals surface area contributed by atoms with Crippen molar-refractivity contribution in [2.45, 2.75) is 26.2 Å². The molecule has 0 aliphatic rings. The Bertz CT molecular complexity index is 1270. The minimum Gasteiger partial charge on any atom is -0.0622 e. The van der Waals surface area contributed by atoms with E-state index in [0.29, 0.717) is 0 Å². The van der Waals surface area contributed by atoms with Crippen molar-refractivity contribution in [3.8, 4) is 11.1 Å². The molecule has 0 atom stereocenters. The first-order valence-electron chi connectivity index (χ1n) is 9.40. The van der Waals surface area contributed by atoms with Crippen molar-refractivity contribution in [2.75, 3.05) is 0 Å². The highest BCUT2D eigenvalue weighted by Crippen LogP contribution is 2.43. The van der Waals surface area contributed by atoms with Crippen LogP contribution in [0.2, 0.25) is 0 Å². The number of hydrogen-bond donors (Lipinski definition) is 0. The molecule has 0 aromatic heterocycles. The molecule has 0 bridgehead atoms. The normalized spacial score (nSPS) is 12.4. The average Bonchev–Trinajstić information content (AvgIpc) is 2.66. The summed E-state index contributed by atoms with van der Waals surface area (Å²) in [5, 5.41) is 7.99. The summed E-state index contributed by atoms with van der Waals surface area (Å²) >= 11 is 3.84. The standard InChI is InChI=1S/C26H21Br/c1-26(2,3)19-13-17-9-11-20-22(16-7-5-4-6-8-16)15-23(27)21-12-10-18(14-19)24(17)25(20)21/h4-15H,1-3H3. The van der Waals surface area contributed by atoms with Crippen molar-refractivity contribution in [1.82, 2.24) is 0 Å². The van der Waals surface area contributed by atoms with Crippen molar-refractivity contribution in [2.24, 2.45) is 0 Å². The lowest BCUT2D eigenvalue weighted by Gasteiger charge is -2.22. The second-order valence-corrected chi connectivity index (χ2v) is 9.28. The van der Waals surface area contributed by atoms with Gasteiger partial charge in [0.2, 0.25) is 0 Å². The highest BCUT2D eigenvalue weighted by atomic mass is 79.9. The number of hydrogen-bond acceptors (Lipinski definition) is 0. The van der Waals surface area contributed by atoms with Crippen molar-refractivity contribution in [1.29, 1.82) is 0 Å². The van der Waals surface area contributed by atoms with Gasteiger partial charge in [0.05, 0.1) is 0 Å². The molecule has 0 nitrogen and oxygen atoms in total. The zero-order valence-corrected chi connectivity index (χ0v) is 17.4. The molecule has 5 aromatic rings. The second kappa shape index (κ2) is 5.81. The van der Waals surface area contributed by atoms with E-state index in [-0.39, 0.29) is 5.41 Å². The van der Waals surface area contributed by atoms with Crippen LogP contribution in [0.5, 0.6) is 0 Å². The molecular weight excluding hydrogens is 392 g/mol. The van der Waals surface area contributed by atoms with E-state index >= 15 is 0 Å². The Balaban J connectivity index is 1.96. The molecule has 5 aromatic carbocycles. The van der Waals surface area contributed by atoms with Crippen LogP contribution in [0.25, 0.3) is 43.4 Å². The van der Waals surface area contributed by atoms with E-state index in [2.05, 4.69) is 109 Å². The van der Waals surface area contributed by atoms with Gasteiger partial charge in [-0.2, -0.15) is 0 Å². The van der Waals surface area contributed by atoms with Gasteiger partial charge < -0.3 is 0 Å². The fraction of sp³-hybridized carbons (Fsp3) is 0.154. The van der Waals surface area contributed by atoms with Crippen LogP contribution in [-0.2, 0) is 5.41 Å².